The van der Waals surface area contributed by atoms with E-state index in [4.69, 9.17) is 5.11 Å². The Balaban J connectivity index is 1.55. The molecule has 5 heteroatoms. The maximum absolute atomic E-state index is 9.09. The minimum Gasteiger partial charge on any atom is -0.396 e. The third-order valence-corrected chi connectivity index (χ3v) is 5.17. The van der Waals surface area contributed by atoms with Crippen LogP contribution in [-0.4, -0.2) is 22.7 Å². The Kier molecular flexibility index (Phi) is 4.08. The van der Waals surface area contributed by atoms with Crippen LogP contribution >= 0.6 is 22.7 Å². The number of aliphatic hydroxyl groups excluding tert-OH is 1. The van der Waals surface area contributed by atoms with Gasteiger partial charge in [0.15, 0.2) is 0 Å². The summed E-state index contributed by atoms with van der Waals surface area (Å²) in [6.45, 7) is 1.03. The Labute approximate surface area is 120 Å². The van der Waals surface area contributed by atoms with Crippen LogP contribution in [0.2, 0.25) is 0 Å². The summed E-state index contributed by atoms with van der Waals surface area (Å²) in [5.41, 5.74) is 1.09. The van der Waals surface area contributed by atoms with E-state index in [1.807, 2.05) is 0 Å². The number of thiazole rings is 1. The second-order valence-corrected chi connectivity index (χ2v) is 6.48. The lowest BCUT2D eigenvalue weighted by molar-refractivity contribution is 0.246. The molecule has 0 aromatic carbocycles. The molecule has 2 heterocycles. The lowest BCUT2D eigenvalue weighted by Crippen LogP contribution is -2.26. The number of hydrogen-bond acceptors (Lipinski definition) is 5. The predicted octanol–water partition coefficient (Wildman–Crippen LogP) is 2.90. The van der Waals surface area contributed by atoms with Crippen molar-refractivity contribution >= 4 is 22.7 Å². The Morgan fingerprint density at radius 3 is 3.05 bits per heavy atom. The lowest BCUT2D eigenvalue weighted by atomic mass is 10.1. The largest absolute Gasteiger partial charge is 0.396 e. The number of aliphatic hydroxyl groups is 1. The smallest absolute Gasteiger partial charge is 0.133 e. The topological polar surface area (TPSA) is 45.1 Å². The van der Waals surface area contributed by atoms with E-state index in [1.165, 1.54) is 4.88 Å². The molecule has 0 radical (unpaired) electrons. The fourth-order valence-electron chi connectivity index (χ4n) is 2.20. The van der Waals surface area contributed by atoms with Crippen molar-refractivity contribution in [2.45, 2.75) is 19.0 Å². The first kappa shape index (κ1) is 13.0. The Bertz CT molecular complexity index is 548. The summed E-state index contributed by atoms with van der Waals surface area (Å²) < 4.78 is 0. The molecule has 2 N–H and O–H groups in total. The predicted molar refractivity (Wildman–Crippen MR) is 80.4 cm³/mol. The molecule has 3 rings (SSSR count). The summed E-state index contributed by atoms with van der Waals surface area (Å²) in [6.07, 6.45) is 5.22. The second kappa shape index (κ2) is 5.96. The van der Waals surface area contributed by atoms with E-state index >= 15 is 0 Å². The van der Waals surface area contributed by atoms with E-state index in [9.17, 15) is 0 Å². The van der Waals surface area contributed by atoms with Gasteiger partial charge in [-0.1, -0.05) is 18.2 Å². The monoisotopic (exact) mass is 292 g/mol. The minimum atomic E-state index is 0.244. The zero-order valence-corrected chi connectivity index (χ0v) is 12.1. The fraction of sp³-hybridized carbons (Fsp3) is 0.357. The van der Waals surface area contributed by atoms with E-state index < -0.39 is 0 Å². The highest BCUT2D eigenvalue weighted by atomic mass is 32.1. The van der Waals surface area contributed by atoms with E-state index in [-0.39, 0.29) is 6.61 Å². The van der Waals surface area contributed by atoms with Crippen LogP contribution in [0.5, 0.6) is 0 Å². The zero-order valence-electron chi connectivity index (χ0n) is 10.5. The molecule has 1 aliphatic rings. The average Bonchev–Trinajstić information content (AvgIpc) is 3.16. The van der Waals surface area contributed by atoms with E-state index in [0.717, 1.165) is 23.7 Å². The standard InChI is InChI=1S/C14H16N2OS2/c17-8-10-3-4-11(6-10)15-7-12-9-19-14(16-12)13-2-1-5-18-13/h1-5,9-11,15,17H,6-8H2/t10-,11+/m0/s1. The van der Waals surface area contributed by atoms with Gasteiger partial charge in [-0.15, -0.1) is 22.7 Å². The molecule has 2 aromatic rings. The van der Waals surface area contributed by atoms with Gasteiger partial charge >= 0.3 is 0 Å². The van der Waals surface area contributed by atoms with Crippen LogP contribution < -0.4 is 5.32 Å². The van der Waals surface area contributed by atoms with Crippen molar-refractivity contribution in [2.75, 3.05) is 6.61 Å². The molecule has 0 spiro atoms. The summed E-state index contributed by atoms with van der Waals surface area (Å²) >= 11 is 3.42. The third kappa shape index (κ3) is 3.12. The number of hydrogen-bond donors (Lipinski definition) is 2. The van der Waals surface area contributed by atoms with Crippen LogP contribution in [-0.2, 0) is 6.54 Å². The molecule has 100 valence electrons. The molecule has 2 atom stereocenters. The molecule has 1 aliphatic carbocycles. The van der Waals surface area contributed by atoms with Crippen LogP contribution in [0.3, 0.4) is 0 Å². The van der Waals surface area contributed by atoms with Crippen molar-refractivity contribution in [3.8, 4) is 9.88 Å². The third-order valence-electron chi connectivity index (χ3n) is 3.24. The maximum Gasteiger partial charge on any atom is 0.133 e. The van der Waals surface area contributed by atoms with Gasteiger partial charge in [-0.05, 0) is 17.9 Å². The molecule has 0 fully saturated rings. The Morgan fingerprint density at radius 2 is 2.32 bits per heavy atom. The first-order valence-corrected chi connectivity index (χ1v) is 8.12. The SMILES string of the molecule is OC[C@H]1C=C[C@@H](NCc2csc(-c3cccs3)n2)C1. The minimum absolute atomic E-state index is 0.244. The molecular formula is C14H16N2OS2. The summed E-state index contributed by atoms with van der Waals surface area (Å²) in [6, 6.07) is 4.52. The molecule has 2 aromatic heterocycles. The van der Waals surface area contributed by atoms with Crippen molar-refractivity contribution in [1.82, 2.24) is 10.3 Å². The van der Waals surface area contributed by atoms with Gasteiger partial charge in [-0.2, -0.15) is 0 Å². The number of aromatic nitrogens is 1. The molecule has 0 aliphatic heterocycles. The summed E-state index contributed by atoms with van der Waals surface area (Å²) in [5, 5.41) is 17.9. The van der Waals surface area contributed by atoms with Crippen molar-refractivity contribution < 1.29 is 5.11 Å². The Hall–Kier alpha value is -1.01. The van der Waals surface area contributed by atoms with Crippen LogP contribution in [0.1, 0.15) is 12.1 Å². The molecule has 0 unspecified atom stereocenters. The first-order chi connectivity index (χ1) is 9.35. The highest BCUT2D eigenvalue weighted by molar-refractivity contribution is 7.20. The van der Waals surface area contributed by atoms with E-state index in [0.29, 0.717) is 12.0 Å². The van der Waals surface area contributed by atoms with Crippen molar-refractivity contribution in [2.24, 2.45) is 5.92 Å². The van der Waals surface area contributed by atoms with Gasteiger partial charge in [0.1, 0.15) is 5.01 Å². The van der Waals surface area contributed by atoms with Gasteiger partial charge in [0.25, 0.3) is 0 Å². The number of nitrogens with zero attached hydrogens (tertiary/aromatic N) is 1. The van der Waals surface area contributed by atoms with Gasteiger partial charge < -0.3 is 10.4 Å². The van der Waals surface area contributed by atoms with Gasteiger partial charge in [-0.3, -0.25) is 0 Å². The van der Waals surface area contributed by atoms with Gasteiger partial charge in [0, 0.05) is 30.5 Å². The summed E-state index contributed by atoms with van der Waals surface area (Å²) in [5.74, 6) is 0.314. The molecule has 0 saturated heterocycles. The van der Waals surface area contributed by atoms with Gasteiger partial charge in [0.05, 0.1) is 10.6 Å². The number of nitrogens with one attached hydrogen (secondary N) is 1. The number of thiophene rings is 1. The van der Waals surface area contributed by atoms with Crippen LogP contribution in [0.25, 0.3) is 9.88 Å². The van der Waals surface area contributed by atoms with Crippen LogP contribution in [0, 0.1) is 5.92 Å². The average molecular weight is 292 g/mol. The normalized spacial score (nSPS) is 22.2. The van der Waals surface area contributed by atoms with Gasteiger partial charge in [0.2, 0.25) is 0 Å². The first-order valence-electron chi connectivity index (χ1n) is 6.36. The lowest BCUT2D eigenvalue weighted by Gasteiger charge is -2.11. The molecule has 0 saturated carbocycles. The summed E-state index contributed by atoms with van der Waals surface area (Å²) in [4.78, 5) is 5.88. The molecule has 0 bridgehead atoms. The number of rotatable bonds is 5. The van der Waals surface area contributed by atoms with Crippen LogP contribution in [0.4, 0.5) is 0 Å². The van der Waals surface area contributed by atoms with Crippen molar-refractivity contribution in [3.05, 3.63) is 40.7 Å². The highest BCUT2D eigenvalue weighted by Crippen LogP contribution is 2.27. The van der Waals surface area contributed by atoms with E-state index in [1.54, 1.807) is 22.7 Å². The molecule has 0 amide bonds. The van der Waals surface area contributed by atoms with Gasteiger partial charge in [-0.25, -0.2) is 4.98 Å². The molecular weight excluding hydrogens is 276 g/mol. The molecule has 19 heavy (non-hydrogen) atoms. The second-order valence-electron chi connectivity index (χ2n) is 4.67. The molecule has 3 nitrogen and oxygen atoms in total. The Morgan fingerprint density at radius 1 is 1.37 bits per heavy atom. The quantitative estimate of drug-likeness (QED) is 0.833. The van der Waals surface area contributed by atoms with Crippen LogP contribution in [0.15, 0.2) is 35.0 Å². The highest BCUT2D eigenvalue weighted by Gasteiger charge is 2.17. The zero-order chi connectivity index (χ0) is 13.1. The van der Waals surface area contributed by atoms with Crippen molar-refractivity contribution in [3.63, 3.8) is 0 Å². The summed E-state index contributed by atoms with van der Waals surface area (Å²) in [7, 11) is 0. The van der Waals surface area contributed by atoms with E-state index in [2.05, 4.69) is 45.3 Å². The van der Waals surface area contributed by atoms with Crippen molar-refractivity contribution in [1.29, 1.82) is 0 Å². The fourth-order valence-corrected chi connectivity index (χ4v) is 3.83. The maximum atomic E-state index is 9.09.